The number of hydrogen-bond acceptors (Lipinski definition) is 4. The molecule has 2 fully saturated rings. The van der Waals surface area contributed by atoms with Gasteiger partial charge < -0.3 is 19.5 Å². The third-order valence-electron chi connectivity index (χ3n) is 5.18. The third kappa shape index (κ3) is 3.13. The first-order valence-electron chi connectivity index (χ1n) is 8.06. The molecule has 0 aromatic heterocycles. The van der Waals surface area contributed by atoms with Crippen LogP contribution < -0.4 is 0 Å². The standard InChI is InChI=1S/C16H27NO5/c1-21-12-15(14(19)20)7-6-10-17(11-15)13(18)16(22-2)8-4-3-5-9-16/h3-12H2,1-2H3,(H,19,20). The maximum atomic E-state index is 13.0. The van der Waals surface area contributed by atoms with Gasteiger partial charge in [-0.2, -0.15) is 0 Å². The van der Waals surface area contributed by atoms with E-state index in [-0.39, 0.29) is 19.1 Å². The number of carbonyl (C=O) groups is 2. The SMILES string of the molecule is COCC1(C(=O)O)CCCN(C(=O)C2(OC)CCCCC2)C1. The third-order valence-corrected chi connectivity index (χ3v) is 5.18. The van der Waals surface area contributed by atoms with Gasteiger partial charge in [0.15, 0.2) is 0 Å². The van der Waals surface area contributed by atoms with Crippen LogP contribution in [0.15, 0.2) is 0 Å². The van der Waals surface area contributed by atoms with Crippen LogP contribution in [0.3, 0.4) is 0 Å². The van der Waals surface area contributed by atoms with Gasteiger partial charge in [0.25, 0.3) is 5.91 Å². The first kappa shape index (κ1) is 17.2. The van der Waals surface area contributed by atoms with E-state index in [9.17, 15) is 14.7 Å². The lowest BCUT2D eigenvalue weighted by Gasteiger charge is -2.44. The van der Waals surface area contributed by atoms with Gasteiger partial charge in [-0.15, -0.1) is 0 Å². The van der Waals surface area contributed by atoms with Crippen molar-refractivity contribution in [3.8, 4) is 0 Å². The normalized spacial score (nSPS) is 28.4. The molecule has 2 aliphatic rings. The van der Waals surface area contributed by atoms with E-state index in [1.165, 1.54) is 7.11 Å². The van der Waals surface area contributed by atoms with Gasteiger partial charge in [0.05, 0.1) is 6.61 Å². The zero-order chi connectivity index (χ0) is 16.2. The van der Waals surface area contributed by atoms with Gasteiger partial charge in [-0.3, -0.25) is 9.59 Å². The fraction of sp³-hybridized carbons (Fsp3) is 0.875. The molecule has 1 amide bonds. The number of piperidine rings is 1. The number of hydrogen-bond donors (Lipinski definition) is 1. The van der Waals surface area contributed by atoms with E-state index in [2.05, 4.69) is 0 Å². The second-order valence-corrected chi connectivity index (χ2v) is 6.61. The summed E-state index contributed by atoms with van der Waals surface area (Å²) in [5.41, 5.74) is -1.75. The van der Waals surface area contributed by atoms with E-state index >= 15 is 0 Å². The summed E-state index contributed by atoms with van der Waals surface area (Å²) < 4.78 is 10.7. The van der Waals surface area contributed by atoms with Gasteiger partial charge in [0, 0.05) is 27.3 Å². The van der Waals surface area contributed by atoms with Crippen LogP contribution in [-0.4, -0.2) is 61.4 Å². The minimum Gasteiger partial charge on any atom is -0.481 e. The first-order valence-corrected chi connectivity index (χ1v) is 8.06. The van der Waals surface area contributed by atoms with Crippen LogP contribution in [-0.2, 0) is 19.1 Å². The van der Waals surface area contributed by atoms with Crippen molar-refractivity contribution in [2.24, 2.45) is 5.41 Å². The molecule has 1 aliphatic heterocycles. The number of carboxylic acids is 1. The molecular formula is C16H27NO5. The van der Waals surface area contributed by atoms with Gasteiger partial charge in [-0.25, -0.2) is 0 Å². The van der Waals surface area contributed by atoms with Crippen molar-refractivity contribution in [3.63, 3.8) is 0 Å². The lowest BCUT2D eigenvalue weighted by Crippen LogP contribution is -2.58. The minimum absolute atomic E-state index is 0.0453. The van der Waals surface area contributed by atoms with Crippen molar-refractivity contribution in [3.05, 3.63) is 0 Å². The Morgan fingerprint density at radius 1 is 1.09 bits per heavy atom. The number of aliphatic carboxylic acids is 1. The quantitative estimate of drug-likeness (QED) is 0.835. The summed E-state index contributed by atoms with van der Waals surface area (Å²) in [6, 6.07) is 0. The maximum Gasteiger partial charge on any atom is 0.313 e. The Morgan fingerprint density at radius 2 is 1.77 bits per heavy atom. The van der Waals surface area contributed by atoms with Crippen LogP contribution in [0, 0.1) is 5.41 Å². The molecule has 0 aromatic rings. The largest absolute Gasteiger partial charge is 0.481 e. The number of nitrogens with zero attached hydrogens (tertiary/aromatic N) is 1. The Balaban J connectivity index is 2.16. The summed E-state index contributed by atoms with van der Waals surface area (Å²) >= 11 is 0. The molecule has 6 heteroatoms. The van der Waals surface area contributed by atoms with Crippen LogP contribution in [0.5, 0.6) is 0 Å². The topological polar surface area (TPSA) is 76.1 Å². The number of rotatable bonds is 5. The highest BCUT2D eigenvalue weighted by atomic mass is 16.5. The minimum atomic E-state index is -0.994. The summed E-state index contributed by atoms with van der Waals surface area (Å²) in [5.74, 6) is -0.932. The Hall–Kier alpha value is -1.14. The van der Waals surface area contributed by atoms with E-state index in [1.54, 1.807) is 12.0 Å². The first-order chi connectivity index (χ1) is 10.5. The molecule has 1 N–H and O–H groups in total. The summed E-state index contributed by atoms with van der Waals surface area (Å²) in [7, 11) is 3.09. The van der Waals surface area contributed by atoms with E-state index in [0.717, 1.165) is 32.1 Å². The highest BCUT2D eigenvalue weighted by Gasteiger charge is 2.48. The van der Waals surface area contributed by atoms with Crippen LogP contribution in [0.1, 0.15) is 44.9 Å². The average molecular weight is 313 g/mol. The van der Waals surface area contributed by atoms with Crippen molar-refractivity contribution >= 4 is 11.9 Å². The summed E-state index contributed by atoms with van der Waals surface area (Å²) in [4.78, 5) is 26.4. The average Bonchev–Trinajstić information content (AvgIpc) is 2.55. The van der Waals surface area contributed by atoms with Crippen molar-refractivity contribution < 1.29 is 24.2 Å². The van der Waals surface area contributed by atoms with Crippen LogP contribution in [0.25, 0.3) is 0 Å². The predicted molar refractivity (Wildman–Crippen MR) is 80.6 cm³/mol. The zero-order valence-corrected chi connectivity index (χ0v) is 13.6. The van der Waals surface area contributed by atoms with E-state index in [1.807, 2.05) is 0 Å². The van der Waals surface area contributed by atoms with Gasteiger partial charge >= 0.3 is 5.97 Å². The maximum absolute atomic E-state index is 13.0. The Bertz CT molecular complexity index is 415. The van der Waals surface area contributed by atoms with Crippen molar-refractivity contribution in [1.29, 1.82) is 0 Å². The van der Waals surface area contributed by atoms with Crippen molar-refractivity contribution in [2.45, 2.75) is 50.5 Å². The fourth-order valence-electron chi connectivity index (χ4n) is 3.85. The molecule has 1 heterocycles. The molecule has 1 saturated carbocycles. The molecular weight excluding hydrogens is 286 g/mol. The zero-order valence-electron chi connectivity index (χ0n) is 13.6. The number of carbonyl (C=O) groups excluding carboxylic acids is 1. The van der Waals surface area contributed by atoms with Gasteiger partial charge in [0.1, 0.15) is 11.0 Å². The molecule has 0 spiro atoms. The molecule has 0 bridgehead atoms. The summed E-state index contributed by atoms with van der Waals surface area (Å²) in [5, 5.41) is 9.60. The summed E-state index contributed by atoms with van der Waals surface area (Å²) in [6.45, 7) is 0.939. The Labute approximate surface area is 131 Å². The fourth-order valence-corrected chi connectivity index (χ4v) is 3.85. The number of likely N-dealkylation sites (tertiary alicyclic amines) is 1. The van der Waals surface area contributed by atoms with Crippen molar-refractivity contribution in [1.82, 2.24) is 4.90 Å². The monoisotopic (exact) mass is 313 g/mol. The van der Waals surface area contributed by atoms with Crippen LogP contribution in [0.4, 0.5) is 0 Å². The molecule has 126 valence electrons. The van der Waals surface area contributed by atoms with Crippen molar-refractivity contribution in [2.75, 3.05) is 33.9 Å². The van der Waals surface area contributed by atoms with Gasteiger partial charge in [-0.1, -0.05) is 19.3 Å². The number of ether oxygens (including phenoxy) is 2. The van der Waals surface area contributed by atoms with E-state index in [4.69, 9.17) is 9.47 Å². The Kier molecular flexibility index (Phi) is 5.45. The molecule has 1 aliphatic carbocycles. The number of amides is 1. The number of carboxylic acid groups (broad SMARTS) is 1. The lowest BCUT2D eigenvalue weighted by atomic mass is 9.78. The Morgan fingerprint density at radius 3 is 2.32 bits per heavy atom. The van der Waals surface area contributed by atoms with Crippen LogP contribution >= 0.6 is 0 Å². The smallest absolute Gasteiger partial charge is 0.313 e. The molecule has 1 atom stereocenters. The lowest BCUT2D eigenvalue weighted by molar-refractivity contribution is -0.169. The number of methoxy groups -OCH3 is 2. The summed E-state index contributed by atoms with van der Waals surface area (Å²) in [6.07, 6.45) is 5.76. The highest BCUT2D eigenvalue weighted by molar-refractivity contribution is 5.86. The van der Waals surface area contributed by atoms with Crippen LogP contribution in [0.2, 0.25) is 0 Å². The molecule has 0 radical (unpaired) electrons. The molecule has 6 nitrogen and oxygen atoms in total. The predicted octanol–water partition coefficient (Wildman–Crippen LogP) is 1.68. The van der Waals surface area contributed by atoms with Gasteiger partial charge in [0.2, 0.25) is 0 Å². The second-order valence-electron chi connectivity index (χ2n) is 6.61. The second kappa shape index (κ2) is 6.96. The van der Waals surface area contributed by atoms with E-state index < -0.39 is 17.0 Å². The highest BCUT2D eigenvalue weighted by Crippen LogP contribution is 2.37. The molecule has 22 heavy (non-hydrogen) atoms. The molecule has 1 saturated heterocycles. The van der Waals surface area contributed by atoms with Gasteiger partial charge in [-0.05, 0) is 25.7 Å². The van der Waals surface area contributed by atoms with E-state index in [0.29, 0.717) is 19.4 Å². The molecule has 2 rings (SSSR count). The molecule has 1 unspecified atom stereocenters. The molecule has 0 aromatic carbocycles.